The molecule has 0 saturated heterocycles. The van der Waals surface area contributed by atoms with Gasteiger partial charge in [-0.1, -0.05) is 17.7 Å². The molecule has 1 aromatic heterocycles. The van der Waals surface area contributed by atoms with Gasteiger partial charge in [-0.25, -0.2) is 22.5 Å². The maximum Gasteiger partial charge on any atom is 0.285 e. The highest BCUT2D eigenvalue weighted by atomic mass is 79.9. The molecule has 0 unspecified atom stereocenters. The summed E-state index contributed by atoms with van der Waals surface area (Å²) >= 11 is 9.19. The number of rotatable bonds is 5. The summed E-state index contributed by atoms with van der Waals surface area (Å²) in [6.07, 6.45) is 1.28. The Morgan fingerprint density at radius 1 is 1.31 bits per heavy atom. The number of nitrogens with one attached hydrogen (secondary N) is 1. The number of carbonyl (C=O) groups excluding carboxylic acids is 1. The van der Waals surface area contributed by atoms with Crippen LogP contribution in [-0.4, -0.2) is 31.0 Å². The van der Waals surface area contributed by atoms with Gasteiger partial charge in [0, 0.05) is 23.8 Å². The molecule has 1 heterocycles. The molecule has 29 heavy (non-hydrogen) atoms. The maximum absolute atomic E-state index is 14.2. The van der Waals surface area contributed by atoms with Gasteiger partial charge in [-0.05, 0) is 40.2 Å². The number of amides is 1. The Morgan fingerprint density at radius 3 is 2.69 bits per heavy atom. The Hall–Kier alpha value is -2.43. The third-order valence-corrected chi connectivity index (χ3v) is 6.59. The van der Waals surface area contributed by atoms with Crippen molar-refractivity contribution in [1.82, 2.24) is 14.3 Å². The van der Waals surface area contributed by atoms with Crippen molar-refractivity contribution >= 4 is 43.5 Å². The number of nitrogens with zero attached hydrogens (tertiary/aromatic N) is 2. The average molecular weight is 503 g/mol. The highest BCUT2D eigenvalue weighted by Gasteiger charge is 2.25. The summed E-state index contributed by atoms with van der Waals surface area (Å²) in [5.41, 5.74) is -0.210. The summed E-state index contributed by atoms with van der Waals surface area (Å²) in [7, 11) is -1.30. The monoisotopic (exact) mass is 501 g/mol. The van der Waals surface area contributed by atoms with Crippen LogP contribution in [0.2, 0.25) is 5.02 Å². The van der Waals surface area contributed by atoms with Gasteiger partial charge in [0.15, 0.2) is 0 Å². The Bertz CT molecular complexity index is 1190. The van der Waals surface area contributed by atoms with Crippen LogP contribution >= 0.6 is 27.5 Å². The number of imidazole rings is 1. The van der Waals surface area contributed by atoms with Gasteiger partial charge in [-0.2, -0.15) is 0 Å². The molecule has 0 aliphatic rings. The Morgan fingerprint density at radius 2 is 2.03 bits per heavy atom. The molecule has 0 bridgehead atoms. The molecule has 0 atom stereocenters. The van der Waals surface area contributed by atoms with Crippen LogP contribution in [0.1, 0.15) is 10.5 Å². The highest BCUT2D eigenvalue weighted by molar-refractivity contribution is 9.10. The van der Waals surface area contributed by atoms with Crippen LogP contribution in [0, 0.1) is 5.82 Å². The minimum atomic E-state index is -4.23. The van der Waals surface area contributed by atoms with E-state index in [2.05, 4.69) is 20.9 Å². The lowest BCUT2D eigenvalue weighted by atomic mass is 10.2. The van der Waals surface area contributed by atoms with Crippen LogP contribution in [-0.2, 0) is 17.1 Å². The SMILES string of the molecule is COc1ccc(Br)c(S(=O)(=O)NC(=O)c2cn(C)c(-c3c(F)cccc3Cl)n2)c1. The summed E-state index contributed by atoms with van der Waals surface area (Å²) < 4.78 is 48.1. The average Bonchev–Trinajstić information content (AvgIpc) is 3.03. The molecule has 3 rings (SSSR count). The molecule has 1 N–H and O–H groups in total. The van der Waals surface area contributed by atoms with Crippen LogP contribution < -0.4 is 9.46 Å². The van der Waals surface area contributed by atoms with Gasteiger partial charge < -0.3 is 9.30 Å². The number of halogens is 3. The first-order valence-corrected chi connectivity index (χ1v) is 10.7. The normalized spacial score (nSPS) is 11.3. The number of hydrogen-bond donors (Lipinski definition) is 1. The second-order valence-corrected chi connectivity index (χ2v) is 8.80. The van der Waals surface area contributed by atoms with Crippen molar-refractivity contribution in [2.24, 2.45) is 7.05 Å². The molecule has 0 aliphatic carbocycles. The van der Waals surface area contributed by atoms with Gasteiger partial charge in [-0.15, -0.1) is 0 Å². The maximum atomic E-state index is 14.2. The van der Waals surface area contributed by atoms with Crippen molar-refractivity contribution in [3.05, 3.63) is 63.6 Å². The van der Waals surface area contributed by atoms with Crippen LogP contribution in [0.25, 0.3) is 11.4 Å². The molecule has 0 spiro atoms. The number of aromatic nitrogens is 2. The minimum Gasteiger partial charge on any atom is -0.497 e. The van der Waals surface area contributed by atoms with E-state index in [-0.39, 0.29) is 31.5 Å². The predicted molar refractivity (Wildman–Crippen MR) is 109 cm³/mol. The van der Waals surface area contributed by atoms with Crippen LogP contribution in [0.3, 0.4) is 0 Å². The fraction of sp³-hybridized carbons (Fsp3) is 0.111. The lowest BCUT2D eigenvalue weighted by Crippen LogP contribution is -2.31. The lowest BCUT2D eigenvalue weighted by molar-refractivity contribution is 0.0977. The lowest BCUT2D eigenvalue weighted by Gasteiger charge is -2.09. The molecule has 7 nitrogen and oxygen atoms in total. The standard InChI is InChI=1S/C18H14BrClFN3O4S/c1-24-9-14(22-17(24)16-12(20)4-3-5-13(16)21)18(25)23-29(26,27)15-8-10(28-2)6-7-11(15)19/h3-9H,1-2H3,(H,23,25). The van der Waals surface area contributed by atoms with E-state index < -0.39 is 21.7 Å². The van der Waals surface area contributed by atoms with Gasteiger partial charge >= 0.3 is 0 Å². The van der Waals surface area contributed by atoms with E-state index in [1.807, 2.05) is 4.72 Å². The number of hydrogen-bond acceptors (Lipinski definition) is 5. The number of benzene rings is 2. The first kappa shape index (κ1) is 21.3. The van der Waals surface area contributed by atoms with Gasteiger partial charge in [0.1, 0.15) is 28.0 Å². The van der Waals surface area contributed by atoms with Crippen molar-refractivity contribution in [1.29, 1.82) is 0 Å². The molecule has 3 aromatic rings. The molecular formula is C18H14BrClFN3O4S. The minimum absolute atomic E-state index is 0.00844. The van der Waals surface area contributed by atoms with E-state index >= 15 is 0 Å². The molecular weight excluding hydrogens is 489 g/mol. The molecule has 0 fully saturated rings. The van der Waals surface area contributed by atoms with Crippen molar-refractivity contribution in [2.45, 2.75) is 4.90 Å². The first-order chi connectivity index (χ1) is 13.6. The molecule has 152 valence electrons. The third-order valence-electron chi connectivity index (χ3n) is 3.95. The number of methoxy groups -OCH3 is 1. The Labute approximate surface area is 179 Å². The van der Waals surface area contributed by atoms with E-state index in [4.69, 9.17) is 16.3 Å². The Kier molecular flexibility index (Phi) is 5.97. The summed E-state index contributed by atoms with van der Waals surface area (Å²) in [4.78, 5) is 16.4. The quantitative estimate of drug-likeness (QED) is 0.574. The van der Waals surface area contributed by atoms with E-state index in [9.17, 15) is 17.6 Å². The van der Waals surface area contributed by atoms with E-state index in [0.29, 0.717) is 5.75 Å². The largest absolute Gasteiger partial charge is 0.497 e. The van der Waals surface area contributed by atoms with Crippen molar-refractivity contribution in [3.8, 4) is 17.1 Å². The second-order valence-electron chi connectivity index (χ2n) is 5.89. The topological polar surface area (TPSA) is 90.3 Å². The van der Waals surface area contributed by atoms with Crippen molar-refractivity contribution < 1.29 is 22.3 Å². The van der Waals surface area contributed by atoms with Crippen LogP contribution in [0.4, 0.5) is 4.39 Å². The summed E-state index contributed by atoms with van der Waals surface area (Å²) in [6, 6.07) is 8.45. The fourth-order valence-corrected chi connectivity index (χ4v) is 4.75. The number of aryl methyl sites for hydroxylation is 1. The molecule has 11 heteroatoms. The first-order valence-electron chi connectivity index (χ1n) is 8.02. The number of ether oxygens (including phenoxy) is 1. The van der Waals surface area contributed by atoms with Crippen molar-refractivity contribution in [2.75, 3.05) is 7.11 Å². The van der Waals surface area contributed by atoms with E-state index in [0.717, 1.165) is 0 Å². The molecule has 0 radical (unpaired) electrons. The van der Waals surface area contributed by atoms with Gasteiger partial charge in [-0.3, -0.25) is 4.79 Å². The summed E-state index contributed by atoms with van der Waals surface area (Å²) in [5.74, 6) is -1.21. The van der Waals surface area contributed by atoms with Crippen LogP contribution in [0.15, 0.2) is 52.0 Å². The van der Waals surface area contributed by atoms with Gasteiger partial charge in [0.25, 0.3) is 15.9 Å². The molecule has 2 aromatic carbocycles. The fourth-order valence-electron chi connectivity index (χ4n) is 2.57. The number of sulfonamides is 1. The van der Waals surface area contributed by atoms with Crippen molar-refractivity contribution in [3.63, 3.8) is 0 Å². The zero-order valence-electron chi connectivity index (χ0n) is 15.1. The molecule has 1 amide bonds. The Balaban J connectivity index is 1.95. The summed E-state index contributed by atoms with van der Waals surface area (Å²) in [6.45, 7) is 0. The van der Waals surface area contributed by atoms with E-state index in [1.165, 1.54) is 55.3 Å². The zero-order chi connectivity index (χ0) is 21.3. The van der Waals surface area contributed by atoms with E-state index in [1.54, 1.807) is 6.07 Å². The number of carbonyl (C=O) groups is 1. The zero-order valence-corrected chi connectivity index (χ0v) is 18.3. The highest BCUT2D eigenvalue weighted by Crippen LogP contribution is 2.30. The predicted octanol–water partition coefficient (Wildman–Crippen LogP) is 3.77. The van der Waals surface area contributed by atoms with Gasteiger partial charge in [0.05, 0.1) is 17.7 Å². The van der Waals surface area contributed by atoms with Gasteiger partial charge in [0.2, 0.25) is 0 Å². The second kappa shape index (κ2) is 8.13. The molecule has 0 saturated carbocycles. The third kappa shape index (κ3) is 4.29. The molecule has 0 aliphatic heterocycles. The smallest absolute Gasteiger partial charge is 0.285 e. The van der Waals surface area contributed by atoms with Crippen LogP contribution in [0.5, 0.6) is 5.75 Å². The summed E-state index contributed by atoms with van der Waals surface area (Å²) in [5, 5.41) is 0.110.